The van der Waals surface area contributed by atoms with E-state index in [2.05, 4.69) is 5.32 Å². The molecule has 0 atom stereocenters. The maximum absolute atomic E-state index is 10.8. The Morgan fingerprint density at radius 2 is 2.18 bits per heavy atom. The number of hydrogen-bond donors (Lipinski definition) is 3. The van der Waals surface area contributed by atoms with Gasteiger partial charge >= 0.3 is 0 Å². The molecule has 0 heterocycles. The second kappa shape index (κ2) is 4.48. The lowest BCUT2D eigenvalue weighted by molar-refractivity contribution is -0.120. The van der Waals surface area contributed by atoms with Crippen molar-refractivity contribution >= 4 is 14.2 Å². The number of hydrogen-bond acceptors (Lipinski definition) is 3. The van der Waals surface area contributed by atoms with Crippen molar-refractivity contribution in [3.63, 3.8) is 0 Å². The molecular weight excluding hydrogens is 160 g/mol. The Kier molecular flexibility index (Phi) is 4.32. The van der Waals surface area contributed by atoms with E-state index in [9.17, 15) is 9.59 Å². The molecule has 0 saturated carbocycles. The monoisotopic (exact) mass is 176 g/mol. The molecule has 0 bridgehead atoms. The Morgan fingerprint density at radius 3 is 2.55 bits per heavy atom. The minimum absolute atomic E-state index is 0.0814. The molecule has 0 saturated heterocycles. The van der Waals surface area contributed by atoms with Crippen LogP contribution in [-0.2, 0) is 4.79 Å². The highest BCUT2D eigenvalue weighted by molar-refractivity contribution is 6.70. The molecule has 0 rings (SSSR count). The van der Waals surface area contributed by atoms with Gasteiger partial charge in [0, 0.05) is 19.1 Å². The summed E-state index contributed by atoms with van der Waals surface area (Å²) in [5.74, 6) is -0.0814. The van der Waals surface area contributed by atoms with Crippen LogP contribution in [-0.4, -0.2) is 31.7 Å². The zero-order chi connectivity index (χ0) is 8.91. The number of rotatable bonds is 4. The Labute approximate surface area is 67.9 Å². The predicted octanol–water partition coefficient (Wildman–Crippen LogP) is -0.812. The molecule has 11 heavy (non-hydrogen) atoms. The smallest absolute Gasteiger partial charge is 0.221 e. The zero-order valence-electron chi connectivity index (χ0n) is 7.05. The summed E-state index contributed by atoms with van der Waals surface area (Å²) in [6.07, 6.45) is 0.746. The Morgan fingerprint density at radius 1 is 1.64 bits per heavy atom. The quantitative estimate of drug-likeness (QED) is 0.490. The van der Waals surface area contributed by atoms with E-state index in [0.717, 1.165) is 0 Å². The molecule has 5 heteroatoms. The van der Waals surface area contributed by atoms with Crippen LogP contribution in [0.2, 0.25) is 13.1 Å². The Balaban J connectivity index is 3.46. The molecular formula is C6H16N2O2Si. The molecule has 0 aromatic heterocycles. The molecule has 0 aromatic carbocycles. The van der Waals surface area contributed by atoms with E-state index in [1.165, 1.54) is 0 Å². The minimum Gasteiger partial charge on any atom is -0.431 e. The largest absolute Gasteiger partial charge is 0.431 e. The van der Waals surface area contributed by atoms with E-state index in [1.54, 1.807) is 13.1 Å². The summed E-state index contributed by atoms with van der Waals surface area (Å²) >= 11 is 0. The van der Waals surface area contributed by atoms with Crippen LogP contribution in [0.5, 0.6) is 0 Å². The van der Waals surface area contributed by atoms with Crippen LogP contribution in [0.15, 0.2) is 0 Å². The van der Waals surface area contributed by atoms with Crippen molar-refractivity contribution in [1.29, 1.82) is 0 Å². The fraction of sp³-hybridized carbons (Fsp3) is 0.833. The Hall–Kier alpha value is -0.393. The third kappa shape index (κ3) is 7.50. The average Bonchev–Trinajstić information content (AvgIpc) is 1.83. The highest BCUT2D eigenvalue weighted by Crippen LogP contribution is 1.91. The summed E-state index contributed by atoms with van der Waals surface area (Å²) < 4.78 is 0. The summed E-state index contributed by atoms with van der Waals surface area (Å²) in [5, 5.41) is 2.62. The summed E-state index contributed by atoms with van der Waals surface area (Å²) in [6.45, 7) is 3.91. The van der Waals surface area contributed by atoms with Crippen molar-refractivity contribution in [2.24, 2.45) is 5.73 Å². The summed E-state index contributed by atoms with van der Waals surface area (Å²) in [5.41, 5.74) is 5.16. The maximum Gasteiger partial charge on any atom is 0.221 e. The van der Waals surface area contributed by atoms with E-state index in [1.807, 2.05) is 0 Å². The number of carbonyl (C=O) groups excluding carboxylic acids is 1. The van der Waals surface area contributed by atoms with E-state index in [0.29, 0.717) is 19.1 Å². The lowest BCUT2D eigenvalue weighted by atomic mass is 10.4. The standard InChI is InChI=1S/C6H16N2O2Si/c1-11(2,10)5-8-6(9)3-4-7/h10H,3-5,7H2,1-2H3,(H,8,9). The molecule has 0 aliphatic heterocycles. The number of nitrogens with one attached hydrogen (secondary N) is 1. The SMILES string of the molecule is C[Si](C)(O)CNC(=O)CCN. The van der Waals surface area contributed by atoms with E-state index < -0.39 is 8.32 Å². The fourth-order valence-electron chi connectivity index (χ4n) is 0.534. The number of nitrogens with two attached hydrogens (primary N) is 1. The van der Waals surface area contributed by atoms with E-state index in [4.69, 9.17) is 5.73 Å². The van der Waals surface area contributed by atoms with Crippen molar-refractivity contribution in [3.8, 4) is 0 Å². The van der Waals surface area contributed by atoms with E-state index in [-0.39, 0.29) is 5.91 Å². The van der Waals surface area contributed by atoms with Gasteiger partial charge in [-0.25, -0.2) is 0 Å². The van der Waals surface area contributed by atoms with Crippen molar-refractivity contribution in [1.82, 2.24) is 5.32 Å². The molecule has 0 radical (unpaired) electrons. The van der Waals surface area contributed by atoms with Gasteiger partial charge in [-0.3, -0.25) is 4.79 Å². The van der Waals surface area contributed by atoms with Crippen LogP contribution < -0.4 is 11.1 Å². The van der Waals surface area contributed by atoms with Gasteiger partial charge < -0.3 is 15.8 Å². The summed E-state index contributed by atoms with van der Waals surface area (Å²) in [7, 11) is -2.12. The highest BCUT2D eigenvalue weighted by atomic mass is 28.4. The van der Waals surface area contributed by atoms with Gasteiger partial charge in [0.25, 0.3) is 0 Å². The van der Waals surface area contributed by atoms with Gasteiger partial charge in [0.15, 0.2) is 0 Å². The Bertz CT molecular complexity index is 133. The molecule has 66 valence electrons. The van der Waals surface area contributed by atoms with Crippen LogP contribution in [0.3, 0.4) is 0 Å². The molecule has 0 aliphatic rings. The van der Waals surface area contributed by atoms with E-state index >= 15 is 0 Å². The van der Waals surface area contributed by atoms with Gasteiger partial charge in [-0.1, -0.05) is 0 Å². The molecule has 4 nitrogen and oxygen atoms in total. The van der Waals surface area contributed by atoms with Crippen LogP contribution in [0.4, 0.5) is 0 Å². The third-order valence-electron chi connectivity index (χ3n) is 1.09. The first-order chi connectivity index (χ1) is 4.95. The third-order valence-corrected chi connectivity index (χ3v) is 2.13. The van der Waals surface area contributed by atoms with Gasteiger partial charge in [0.1, 0.15) is 0 Å². The van der Waals surface area contributed by atoms with Gasteiger partial charge in [-0.05, 0) is 13.1 Å². The second-order valence-electron chi connectivity index (χ2n) is 3.13. The first kappa shape index (κ1) is 10.6. The molecule has 0 fully saturated rings. The maximum atomic E-state index is 10.8. The molecule has 0 unspecified atom stereocenters. The topological polar surface area (TPSA) is 75.3 Å². The zero-order valence-corrected chi connectivity index (χ0v) is 8.05. The van der Waals surface area contributed by atoms with Crippen molar-refractivity contribution < 1.29 is 9.59 Å². The first-order valence-corrected chi connectivity index (χ1v) is 6.80. The lowest BCUT2D eigenvalue weighted by Crippen LogP contribution is -2.42. The normalized spacial score (nSPS) is 11.3. The van der Waals surface area contributed by atoms with Gasteiger partial charge in [0.2, 0.25) is 14.2 Å². The fourth-order valence-corrected chi connectivity index (χ4v) is 1.16. The molecule has 1 amide bonds. The number of carbonyl (C=O) groups is 1. The first-order valence-electron chi connectivity index (χ1n) is 3.65. The summed E-state index contributed by atoms with van der Waals surface area (Å²) in [6, 6.07) is 0. The van der Waals surface area contributed by atoms with Crippen molar-refractivity contribution in [2.45, 2.75) is 19.5 Å². The summed E-state index contributed by atoms with van der Waals surface area (Å²) in [4.78, 5) is 20.1. The average molecular weight is 176 g/mol. The molecule has 0 aliphatic carbocycles. The number of amides is 1. The van der Waals surface area contributed by atoms with Gasteiger partial charge in [-0.15, -0.1) is 0 Å². The molecule has 0 spiro atoms. The molecule has 4 N–H and O–H groups in total. The predicted molar refractivity (Wildman–Crippen MR) is 46.4 cm³/mol. The van der Waals surface area contributed by atoms with Gasteiger partial charge in [-0.2, -0.15) is 0 Å². The minimum atomic E-state index is -2.12. The van der Waals surface area contributed by atoms with Crippen LogP contribution in [0, 0.1) is 0 Å². The van der Waals surface area contributed by atoms with Crippen LogP contribution in [0.1, 0.15) is 6.42 Å². The highest BCUT2D eigenvalue weighted by Gasteiger charge is 2.17. The van der Waals surface area contributed by atoms with Crippen LogP contribution in [0.25, 0.3) is 0 Å². The molecule has 0 aromatic rings. The van der Waals surface area contributed by atoms with Gasteiger partial charge in [0.05, 0.1) is 0 Å². The second-order valence-corrected chi connectivity index (χ2v) is 7.11. The lowest BCUT2D eigenvalue weighted by Gasteiger charge is -2.14. The van der Waals surface area contributed by atoms with Crippen LogP contribution >= 0.6 is 0 Å². The van der Waals surface area contributed by atoms with Crippen molar-refractivity contribution in [2.75, 3.05) is 12.7 Å². The van der Waals surface area contributed by atoms with Crippen molar-refractivity contribution in [3.05, 3.63) is 0 Å².